The van der Waals surface area contributed by atoms with Crippen molar-refractivity contribution in [2.45, 2.75) is 50.0 Å². The van der Waals surface area contributed by atoms with Crippen molar-refractivity contribution in [1.82, 2.24) is 4.90 Å². The average Bonchev–Trinajstić information content (AvgIpc) is 3.32. The van der Waals surface area contributed by atoms with Crippen LogP contribution in [0.1, 0.15) is 31.2 Å². The fourth-order valence-corrected chi connectivity index (χ4v) is 4.13. The summed E-state index contributed by atoms with van der Waals surface area (Å²) in [5.41, 5.74) is 1.04. The molecule has 0 amide bonds. The van der Waals surface area contributed by atoms with E-state index in [1.807, 2.05) is 4.90 Å². The zero-order valence-corrected chi connectivity index (χ0v) is 18.0. The van der Waals surface area contributed by atoms with Gasteiger partial charge < -0.3 is 30.5 Å². The number of hydrogen-bond donors (Lipinski definition) is 5. The van der Waals surface area contributed by atoms with Gasteiger partial charge in [-0.05, 0) is 31.5 Å². The standard InChI is InChI=1S/C21H32N4O7/c26-13-17-19(28)20(29)18(27)12-24(17)9-4-2-1-3-7-22-15-6-5-14(11-16(15)25(30)31)21-23-8-10-32-21/h5-6,11,17-20,22,26-29H,1-4,7-10,12-13H2/t17-,18+,19-,20-/m1/s1. The molecule has 0 unspecified atom stereocenters. The summed E-state index contributed by atoms with van der Waals surface area (Å²) >= 11 is 0. The smallest absolute Gasteiger partial charge is 0.293 e. The number of aliphatic imine (C=N–C) groups is 1. The van der Waals surface area contributed by atoms with Gasteiger partial charge in [-0.25, -0.2) is 4.99 Å². The van der Waals surface area contributed by atoms with Gasteiger partial charge >= 0.3 is 0 Å². The molecule has 5 N–H and O–H groups in total. The van der Waals surface area contributed by atoms with Crippen LogP contribution in [0.15, 0.2) is 23.2 Å². The molecule has 1 aromatic rings. The number of piperidine rings is 1. The Balaban J connectivity index is 1.40. The Morgan fingerprint density at radius 1 is 1.19 bits per heavy atom. The van der Waals surface area contributed by atoms with Crippen LogP contribution in [-0.4, -0.2) is 99.9 Å². The molecule has 0 radical (unpaired) electrons. The Kier molecular flexibility index (Phi) is 8.76. The van der Waals surface area contributed by atoms with E-state index < -0.39 is 29.3 Å². The van der Waals surface area contributed by atoms with Crippen LogP contribution < -0.4 is 5.32 Å². The molecule has 2 aliphatic heterocycles. The number of unbranched alkanes of at least 4 members (excludes halogenated alkanes) is 3. The maximum absolute atomic E-state index is 11.4. The molecule has 0 spiro atoms. The van der Waals surface area contributed by atoms with Crippen LogP contribution in [0.5, 0.6) is 0 Å². The molecule has 1 fully saturated rings. The molecule has 11 nitrogen and oxygen atoms in total. The summed E-state index contributed by atoms with van der Waals surface area (Å²) in [6.45, 7) is 2.16. The van der Waals surface area contributed by atoms with Crippen LogP contribution >= 0.6 is 0 Å². The number of anilines is 1. The summed E-state index contributed by atoms with van der Waals surface area (Å²) in [7, 11) is 0. The van der Waals surface area contributed by atoms with Crippen molar-refractivity contribution in [2.24, 2.45) is 4.99 Å². The molecule has 3 rings (SSSR count). The lowest BCUT2D eigenvalue weighted by atomic mass is 9.94. The van der Waals surface area contributed by atoms with E-state index in [1.165, 1.54) is 6.07 Å². The minimum atomic E-state index is -1.24. The summed E-state index contributed by atoms with van der Waals surface area (Å²) in [6.07, 6.45) is -0.0383. The van der Waals surface area contributed by atoms with Crippen molar-refractivity contribution < 1.29 is 30.1 Å². The average molecular weight is 453 g/mol. The van der Waals surface area contributed by atoms with Crippen LogP contribution in [0, 0.1) is 10.1 Å². The second kappa shape index (κ2) is 11.5. The fraction of sp³-hybridized carbons (Fsp3) is 0.667. The summed E-state index contributed by atoms with van der Waals surface area (Å²) in [5, 5.41) is 53.7. The molecular formula is C21H32N4O7. The first kappa shape index (κ1) is 24.3. The molecule has 11 heteroatoms. The van der Waals surface area contributed by atoms with Gasteiger partial charge in [-0.3, -0.25) is 15.0 Å². The zero-order chi connectivity index (χ0) is 23.1. The molecule has 0 aromatic heterocycles. The van der Waals surface area contributed by atoms with Gasteiger partial charge in [0.05, 0.1) is 30.2 Å². The third-order valence-corrected chi connectivity index (χ3v) is 5.93. The van der Waals surface area contributed by atoms with Crippen LogP contribution in [0.4, 0.5) is 11.4 Å². The number of ether oxygens (including phenoxy) is 1. The zero-order valence-electron chi connectivity index (χ0n) is 18.0. The van der Waals surface area contributed by atoms with Gasteiger partial charge in [0.1, 0.15) is 24.5 Å². The maximum atomic E-state index is 11.4. The Labute approximate surface area is 186 Å². The highest BCUT2D eigenvalue weighted by atomic mass is 16.6. The van der Waals surface area contributed by atoms with Crippen LogP contribution in [0.2, 0.25) is 0 Å². The van der Waals surface area contributed by atoms with Gasteiger partial charge in [-0.15, -0.1) is 0 Å². The van der Waals surface area contributed by atoms with Crippen molar-refractivity contribution in [2.75, 3.05) is 44.7 Å². The number of likely N-dealkylation sites (tertiary alicyclic amines) is 1. The van der Waals surface area contributed by atoms with E-state index in [1.54, 1.807) is 12.1 Å². The lowest BCUT2D eigenvalue weighted by molar-refractivity contribution is -0.384. The van der Waals surface area contributed by atoms with E-state index in [2.05, 4.69) is 10.3 Å². The van der Waals surface area contributed by atoms with Crippen LogP contribution in [0.3, 0.4) is 0 Å². The topological polar surface area (TPSA) is 161 Å². The highest BCUT2D eigenvalue weighted by Gasteiger charge is 2.40. The fourth-order valence-electron chi connectivity index (χ4n) is 4.13. The summed E-state index contributed by atoms with van der Waals surface area (Å²) in [4.78, 5) is 17.0. The van der Waals surface area contributed by atoms with Gasteiger partial charge in [0, 0.05) is 24.7 Å². The van der Waals surface area contributed by atoms with Gasteiger partial charge in [0.2, 0.25) is 5.90 Å². The lowest BCUT2D eigenvalue weighted by Gasteiger charge is -2.43. The van der Waals surface area contributed by atoms with Crippen LogP contribution in [0.25, 0.3) is 0 Å². The Bertz CT molecular complexity index is 806. The van der Waals surface area contributed by atoms with Crippen LogP contribution in [-0.2, 0) is 4.74 Å². The number of nitrogens with zero attached hydrogens (tertiary/aromatic N) is 3. The van der Waals surface area contributed by atoms with Gasteiger partial charge in [0.15, 0.2) is 0 Å². The Morgan fingerprint density at radius 3 is 2.66 bits per heavy atom. The first-order valence-corrected chi connectivity index (χ1v) is 11.0. The molecule has 2 aliphatic rings. The van der Waals surface area contributed by atoms with E-state index in [0.717, 1.165) is 25.7 Å². The molecule has 4 atom stereocenters. The number of β-amino-alcohol motifs (C(OH)–C–C–N with tert-alkyl or cyclic N) is 1. The van der Waals surface area contributed by atoms with Crippen molar-refractivity contribution in [3.8, 4) is 0 Å². The SMILES string of the molecule is O=[N+]([O-])c1cc(C2=NCCO2)ccc1NCCCCCCN1C[C@H](O)[C@@H](O)[C@H](O)[C@H]1CO. The minimum absolute atomic E-state index is 0.0138. The van der Waals surface area contributed by atoms with Crippen molar-refractivity contribution in [3.63, 3.8) is 0 Å². The molecular weight excluding hydrogens is 420 g/mol. The molecule has 0 aliphatic carbocycles. The van der Waals surface area contributed by atoms with E-state index >= 15 is 0 Å². The number of hydrogen-bond acceptors (Lipinski definition) is 10. The van der Waals surface area contributed by atoms with E-state index in [4.69, 9.17) is 4.74 Å². The molecule has 32 heavy (non-hydrogen) atoms. The van der Waals surface area contributed by atoms with E-state index in [0.29, 0.717) is 43.4 Å². The molecule has 0 bridgehead atoms. The second-order valence-electron chi connectivity index (χ2n) is 8.16. The third-order valence-electron chi connectivity index (χ3n) is 5.93. The number of nitro benzene ring substituents is 1. The largest absolute Gasteiger partial charge is 0.476 e. The monoisotopic (exact) mass is 452 g/mol. The predicted molar refractivity (Wildman–Crippen MR) is 118 cm³/mol. The first-order valence-electron chi connectivity index (χ1n) is 11.0. The number of nitrogens with one attached hydrogen (secondary N) is 1. The van der Waals surface area contributed by atoms with Crippen molar-refractivity contribution in [1.29, 1.82) is 0 Å². The molecule has 178 valence electrons. The van der Waals surface area contributed by atoms with E-state index in [-0.39, 0.29) is 18.8 Å². The van der Waals surface area contributed by atoms with Gasteiger partial charge in [-0.2, -0.15) is 0 Å². The highest BCUT2D eigenvalue weighted by Crippen LogP contribution is 2.27. The predicted octanol–water partition coefficient (Wildman–Crippen LogP) is 0.103. The molecule has 1 aromatic carbocycles. The van der Waals surface area contributed by atoms with E-state index in [9.17, 15) is 30.5 Å². The molecule has 2 heterocycles. The number of nitro groups is 1. The number of aliphatic hydroxyl groups is 4. The number of benzene rings is 1. The molecule has 1 saturated heterocycles. The molecule has 0 saturated carbocycles. The highest BCUT2D eigenvalue weighted by molar-refractivity contribution is 5.96. The first-order chi connectivity index (χ1) is 15.4. The Morgan fingerprint density at radius 2 is 1.97 bits per heavy atom. The minimum Gasteiger partial charge on any atom is -0.476 e. The second-order valence-corrected chi connectivity index (χ2v) is 8.16. The number of aliphatic hydroxyl groups excluding tert-OH is 4. The Hall–Kier alpha value is -2.31. The third kappa shape index (κ3) is 5.93. The maximum Gasteiger partial charge on any atom is 0.293 e. The number of rotatable bonds is 11. The summed E-state index contributed by atoms with van der Waals surface area (Å²) in [5.74, 6) is 0.436. The summed E-state index contributed by atoms with van der Waals surface area (Å²) < 4.78 is 5.37. The quantitative estimate of drug-likeness (QED) is 0.178. The van der Waals surface area contributed by atoms with Crippen molar-refractivity contribution in [3.05, 3.63) is 33.9 Å². The normalized spacial score (nSPS) is 25.9. The summed E-state index contributed by atoms with van der Waals surface area (Å²) in [6, 6.07) is 4.32. The van der Waals surface area contributed by atoms with Crippen molar-refractivity contribution >= 4 is 17.3 Å². The van der Waals surface area contributed by atoms with Gasteiger partial charge in [-0.1, -0.05) is 12.8 Å². The van der Waals surface area contributed by atoms with Gasteiger partial charge in [0.25, 0.3) is 5.69 Å². The lowest BCUT2D eigenvalue weighted by Crippen LogP contribution is -2.62.